The number of hydrogen-bond donors (Lipinski definition) is 0. The Morgan fingerprint density at radius 2 is 1.88 bits per heavy atom. The molecule has 138 valence electrons. The molecule has 0 radical (unpaired) electrons. The van der Waals surface area contributed by atoms with E-state index in [9.17, 15) is 9.59 Å². The lowest BCUT2D eigenvalue weighted by molar-refractivity contribution is -0.146. The van der Waals surface area contributed by atoms with Gasteiger partial charge >= 0.3 is 5.97 Å². The number of carbonyl (C=O) groups is 2. The van der Waals surface area contributed by atoms with Gasteiger partial charge in [0, 0.05) is 18.7 Å². The first kappa shape index (κ1) is 18.6. The third-order valence-electron chi connectivity index (χ3n) is 4.92. The van der Waals surface area contributed by atoms with Crippen LogP contribution in [-0.4, -0.2) is 42.0 Å². The summed E-state index contributed by atoms with van der Waals surface area (Å²) >= 11 is 1.45. The van der Waals surface area contributed by atoms with Crippen LogP contribution in [0, 0.1) is 26.7 Å². The zero-order valence-electron chi connectivity index (χ0n) is 15.7. The number of hydrogen-bond acceptors (Lipinski definition) is 5. The molecule has 5 nitrogen and oxygen atoms in total. The van der Waals surface area contributed by atoms with E-state index in [0.29, 0.717) is 30.8 Å². The van der Waals surface area contributed by atoms with Crippen molar-refractivity contribution in [2.24, 2.45) is 5.92 Å². The smallest absolute Gasteiger partial charge is 0.308 e. The molecule has 1 saturated heterocycles. The number of thiazole rings is 1. The minimum Gasteiger partial charge on any atom is -0.469 e. The Hall–Kier alpha value is -2.21. The molecule has 1 amide bonds. The Morgan fingerprint density at radius 3 is 2.50 bits per heavy atom. The number of ether oxygens (including phenoxy) is 1. The van der Waals surface area contributed by atoms with E-state index in [-0.39, 0.29) is 17.8 Å². The Labute approximate surface area is 158 Å². The minimum atomic E-state index is -0.178. The zero-order chi connectivity index (χ0) is 18.8. The minimum absolute atomic E-state index is 0.0133. The van der Waals surface area contributed by atoms with Gasteiger partial charge in [-0.25, -0.2) is 4.98 Å². The van der Waals surface area contributed by atoms with Crippen LogP contribution < -0.4 is 0 Å². The zero-order valence-corrected chi connectivity index (χ0v) is 16.5. The molecule has 6 heteroatoms. The molecule has 0 saturated carbocycles. The number of esters is 1. The summed E-state index contributed by atoms with van der Waals surface area (Å²) < 4.78 is 4.81. The fourth-order valence-corrected chi connectivity index (χ4v) is 4.52. The predicted octanol–water partition coefficient (Wildman–Crippen LogP) is 3.76. The maximum absolute atomic E-state index is 12.9. The quantitative estimate of drug-likeness (QED) is 0.770. The monoisotopic (exact) mass is 372 g/mol. The summed E-state index contributed by atoms with van der Waals surface area (Å²) in [6.45, 7) is 7.18. The van der Waals surface area contributed by atoms with E-state index in [1.165, 1.54) is 24.0 Å². The summed E-state index contributed by atoms with van der Waals surface area (Å²) in [6, 6.07) is 6.27. The van der Waals surface area contributed by atoms with Gasteiger partial charge in [0.25, 0.3) is 5.91 Å². The molecule has 1 aliphatic rings. The molecule has 1 fully saturated rings. The van der Waals surface area contributed by atoms with Crippen LogP contribution >= 0.6 is 11.3 Å². The summed E-state index contributed by atoms with van der Waals surface area (Å²) in [6.07, 6.45) is 1.31. The number of benzene rings is 1. The fourth-order valence-electron chi connectivity index (χ4n) is 3.39. The molecule has 0 unspecified atom stereocenters. The molecule has 2 heterocycles. The second kappa shape index (κ2) is 7.58. The fraction of sp³-hybridized carbons (Fsp3) is 0.450. The van der Waals surface area contributed by atoms with Gasteiger partial charge < -0.3 is 9.64 Å². The van der Waals surface area contributed by atoms with Crippen molar-refractivity contribution in [1.29, 1.82) is 0 Å². The van der Waals surface area contributed by atoms with Crippen LogP contribution in [0.1, 0.15) is 39.3 Å². The number of aryl methyl sites for hydroxylation is 3. The lowest BCUT2D eigenvalue weighted by atomic mass is 9.97. The predicted molar refractivity (Wildman–Crippen MR) is 102 cm³/mol. The average Bonchev–Trinajstić information content (AvgIpc) is 3.02. The van der Waals surface area contributed by atoms with E-state index < -0.39 is 0 Å². The van der Waals surface area contributed by atoms with Crippen molar-refractivity contribution < 1.29 is 14.3 Å². The highest BCUT2D eigenvalue weighted by atomic mass is 32.1. The van der Waals surface area contributed by atoms with Gasteiger partial charge in [-0.05, 0) is 39.2 Å². The Balaban J connectivity index is 1.77. The van der Waals surface area contributed by atoms with Crippen LogP contribution in [0.15, 0.2) is 18.2 Å². The third kappa shape index (κ3) is 3.65. The normalized spacial score (nSPS) is 15.2. The number of piperidine rings is 1. The molecule has 0 aliphatic carbocycles. The van der Waals surface area contributed by atoms with E-state index in [1.807, 2.05) is 11.8 Å². The van der Waals surface area contributed by atoms with Gasteiger partial charge in [-0.3, -0.25) is 9.59 Å². The van der Waals surface area contributed by atoms with Crippen LogP contribution in [0.4, 0.5) is 0 Å². The van der Waals surface area contributed by atoms with Gasteiger partial charge in [0.05, 0.1) is 18.7 Å². The van der Waals surface area contributed by atoms with E-state index in [1.54, 1.807) is 0 Å². The molecule has 0 atom stereocenters. The largest absolute Gasteiger partial charge is 0.469 e. The van der Waals surface area contributed by atoms with Gasteiger partial charge in [-0.15, -0.1) is 11.3 Å². The second-order valence-corrected chi connectivity index (χ2v) is 7.84. The lowest BCUT2D eigenvalue weighted by Gasteiger charge is -2.30. The highest BCUT2D eigenvalue weighted by Crippen LogP contribution is 2.32. The van der Waals surface area contributed by atoms with Crippen LogP contribution in [0.2, 0.25) is 0 Å². The summed E-state index contributed by atoms with van der Waals surface area (Å²) in [4.78, 5) is 31.7. The number of methoxy groups -OCH3 is 1. The van der Waals surface area contributed by atoms with Gasteiger partial charge in [0.15, 0.2) is 0 Å². The summed E-state index contributed by atoms with van der Waals surface area (Å²) in [7, 11) is 1.41. The average molecular weight is 372 g/mol. The van der Waals surface area contributed by atoms with Crippen molar-refractivity contribution in [3.63, 3.8) is 0 Å². The van der Waals surface area contributed by atoms with Crippen molar-refractivity contribution >= 4 is 23.2 Å². The van der Waals surface area contributed by atoms with Crippen LogP contribution in [0.5, 0.6) is 0 Å². The molecule has 0 N–H and O–H groups in total. The molecule has 2 aromatic rings. The van der Waals surface area contributed by atoms with Crippen LogP contribution in [0.3, 0.4) is 0 Å². The third-order valence-corrected chi connectivity index (χ3v) is 6.10. The van der Waals surface area contributed by atoms with Crippen LogP contribution in [0.25, 0.3) is 10.6 Å². The number of aromatic nitrogens is 1. The maximum atomic E-state index is 12.9. The SMILES string of the molecule is COC(=O)C1CCN(C(=O)c2sc(-c3ccc(C)cc3C)nc2C)CC1. The molecule has 0 bridgehead atoms. The first-order valence-electron chi connectivity index (χ1n) is 8.83. The van der Waals surface area contributed by atoms with E-state index in [4.69, 9.17) is 4.74 Å². The molecule has 3 rings (SSSR count). The Bertz CT molecular complexity index is 836. The first-order chi connectivity index (χ1) is 12.4. The van der Waals surface area contributed by atoms with Crippen molar-refractivity contribution in [3.8, 4) is 10.6 Å². The highest BCUT2D eigenvalue weighted by molar-refractivity contribution is 7.17. The molecule has 1 aromatic heterocycles. The Kier molecular flexibility index (Phi) is 5.41. The van der Waals surface area contributed by atoms with Gasteiger partial charge in [0.2, 0.25) is 0 Å². The molecule has 26 heavy (non-hydrogen) atoms. The van der Waals surface area contributed by atoms with Crippen molar-refractivity contribution in [1.82, 2.24) is 9.88 Å². The highest BCUT2D eigenvalue weighted by Gasteiger charge is 2.30. The number of carbonyl (C=O) groups excluding carboxylic acids is 2. The lowest BCUT2D eigenvalue weighted by Crippen LogP contribution is -2.40. The van der Waals surface area contributed by atoms with E-state index in [2.05, 4.69) is 37.0 Å². The van der Waals surface area contributed by atoms with Crippen molar-refractivity contribution in [3.05, 3.63) is 39.9 Å². The standard InChI is InChI=1S/C20H24N2O3S/c1-12-5-6-16(13(2)11-12)18-21-14(3)17(26-18)19(23)22-9-7-15(8-10-22)20(24)25-4/h5-6,11,15H,7-10H2,1-4H3. The van der Waals surface area contributed by atoms with Crippen LogP contribution in [-0.2, 0) is 9.53 Å². The van der Waals surface area contributed by atoms with Gasteiger partial charge in [-0.1, -0.05) is 23.8 Å². The van der Waals surface area contributed by atoms with Crippen molar-refractivity contribution in [2.75, 3.05) is 20.2 Å². The molecule has 1 aromatic carbocycles. The summed E-state index contributed by atoms with van der Waals surface area (Å²) in [5.41, 5.74) is 4.22. The Morgan fingerprint density at radius 1 is 1.19 bits per heavy atom. The van der Waals surface area contributed by atoms with E-state index in [0.717, 1.165) is 21.8 Å². The first-order valence-corrected chi connectivity index (χ1v) is 9.64. The molecule has 0 spiro atoms. The van der Waals surface area contributed by atoms with Crippen molar-refractivity contribution in [2.45, 2.75) is 33.6 Å². The number of likely N-dealkylation sites (tertiary alicyclic amines) is 1. The van der Waals surface area contributed by atoms with E-state index >= 15 is 0 Å². The second-order valence-electron chi connectivity index (χ2n) is 6.84. The summed E-state index contributed by atoms with van der Waals surface area (Å²) in [5, 5.41) is 0.882. The number of rotatable bonds is 3. The summed E-state index contributed by atoms with van der Waals surface area (Å²) in [5.74, 6) is -0.264. The maximum Gasteiger partial charge on any atom is 0.308 e. The molecule has 1 aliphatic heterocycles. The molecular formula is C20H24N2O3S. The number of nitrogens with zero attached hydrogens (tertiary/aromatic N) is 2. The van der Waals surface area contributed by atoms with Gasteiger partial charge in [0.1, 0.15) is 9.88 Å². The topological polar surface area (TPSA) is 59.5 Å². The molecular weight excluding hydrogens is 348 g/mol. The number of amides is 1. The van der Waals surface area contributed by atoms with Gasteiger partial charge in [-0.2, -0.15) is 0 Å².